The lowest BCUT2D eigenvalue weighted by atomic mass is 9.90. The smallest absolute Gasteiger partial charge is 0.416 e. The molecule has 0 spiro atoms. The average Bonchev–Trinajstić information content (AvgIpc) is 3.16. The van der Waals surface area contributed by atoms with E-state index in [0.29, 0.717) is 12.1 Å². The summed E-state index contributed by atoms with van der Waals surface area (Å²) in [4.78, 5) is 14.2. The maximum atomic E-state index is 13.2. The van der Waals surface area contributed by atoms with Crippen molar-refractivity contribution in [1.82, 2.24) is 4.90 Å². The van der Waals surface area contributed by atoms with E-state index in [1.165, 1.54) is 4.90 Å². The lowest BCUT2D eigenvalue weighted by molar-refractivity contribution is -0.143. The van der Waals surface area contributed by atoms with Gasteiger partial charge in [-0.1, -0.05) is 30.3 Å². The molecule has 5 nitrogen and oxygen atoms in total. The molecule has 2 aromatic rings. The van der Waals surface area contributed by atoms with Gasteiger partial charge in [0.05, 0.1) is 43.0 Å². The zero-order valence-electron chi connectivity index (χ0n) is 20.6. The highest BCUT2D eigenvalue weighted by Gasteiger charge is 2.46. The minimum atomic E-state index is -4.94. The third-order valence-electron chi connectivity index (χ3n) is 5.96. The fraction of sp³-hybridized carbons (Fsp3) is 0.500. The Hall–Kier alpha value is -2.79. The van der Waals surface area contributed by atoms with Crippen molar-refractivity contribution in [3.05, 3.63) is 70.8 Å². The first-order valence-electron chi connectivity index (χ1n) is 11.7. The SMILES string of the molecule is CC(C)(C)OC(=O)N1CC(OCCc2cc(C(F)(F)F)cc(C(F)(F)F)c2)C(c2ccccc2)C1CO. The number of halogens is 6. The maximum Gasteiger partial charge on any atom is 0.416 e. The molecule has 2 aromatic carbocycles. The van der Waals surface area contributed by atoms with Gasteiger partial charge in [-0.25, -0.2) is 4.79 Å². The Balaban J connectivity index is 1.83. The van der Waals surface area contributed by atoms with Gasteiger partial charge in [-0.15, -0.1) is 0 Å². The molecule has 3 atom stereocenters. The first-order valence-corrected chi connectivity index (χ1v) is 11.7. The molecule has 1 aliphatic rings. The quantitative estimate of drug-likeness (QED) is 0.460. The summed E-state index contributed by atoms with van der Waals surface area (Å²) in [6.45, 7) is 4.51. The second-order valence-electron chi connectivity index (χ2n) is 9.89. The Bertz CT molecular complexity index is 1030. The summed E-state index contributed by atoms with van der Waals surface area (Å²) in [6, 6.07) is 9.66. The highest BCUT2D eigenvalue weighted by Crippen LogP contribution is 2.38. The van der Waals surface area contributed by atoms with Gasteiger partial charge in [-0.3, -0.25) is 4.90 Å². The topological polar surface area (TPSA) is 59.0 Å². The molecule has 1 aliphatic heterocycles. The maximum absolute atomic E-state index is 13.2. The number of amides is 1. The van der Waals surface area contributed by atoms with Crippen LogP contribution in [0.25, 0.3) is 0 Å². The van der Waals surface area contributed by atoms with E-state index in [9.17, 15) is 36.2 Å². The number of aliphatic hydroxyl groups excluding tert-OH is 1. The molecule has 11 heteroatoms. The second kappa shape index (κ2) is 10.9. The lowest BCUT2D eigenvalue weighted by Crippen LogP contribution is -2.42. The molecule has 1 amide bonds. The minimum Gasteiger partial charge on any atom is -0.444 e. The van der Waals surface area contributed by atoms with Gasteiger partial charge in [0, 0.05) is 5.92 Å². The number of nitrogens with zero attached hydrogens (tertiary/aromatic N) is 1. The number of aliphatic hydroxyl groups is 1. The van der Waals surface area contributed by atoms with Crippen LogP contribution >= 0.6 is 0 Å². The number of alkyl halides is 6. The zero-order valence-corrected chi connectivity index (χ0v) is 20.6. The Morgan fingerprint density at radius 2 is 1.54 bits per heavy atom. The van der Waals surface area contributed by atoms with Crippen molar-refractivity contribution in [2.45, 2.75) is 63.2 Å². The van der Waals surface area contributed by atoms with Crippen molar-refractivity contribution in [2.24, 2.45) is 0 Å². The predicted molar refractivity (Wildman–Crippen MR) is 123 cm³/mol. The van der Waals surface area contributed by atoms with Gasteiger partial charge in [0.1, 0.15) is 5.60 Å². The van der Waals surface area contributed by atoms with Gasteiger partial charge in [0.2, 0.25) is 0 Å². The summed E-state index contributed by atoms with van der Waals surface area (Å²) in [5.74, 6) is -0.494. The predicted octanol–water partition coefficient (Wildman–Crippen LogP) is 6.05. The van der Waals surface area contributed by atoms with Crippen molar-refractivity contribution in [3.63, 3.8) is 0 Å². The fourth-order valence-electron chi connectivity index (χ4n) is 4.39. The number of hydrogen-bond donors (Lipinski definition) is 1. The molecule has 0 saturated carbocycles. The summed E-state index contributed by atoms with van der Waals surface area (Å²) in [6.07, 6.45) is -11.4. The van der Waals surface area contributed by atoms with Crippen LogP contribution in [0.15, 0.2) is 48.5 Å². The van der Waals surface area contributed by atoms with Crippen molar-refractivity contribution >= 4 is 6.09 Å². The van der Waals surface area contributed by atoms with Gasteiger partial charge >= 0.3 is 18.4 Å². The Morgan fingerprint density at radius 1 is 0.973 bits per heavy atom. The number of carbonyl (C=O) groups is 1. The van der Waals surface area contributed by atoms with Crippen LogP contribution in [-0.4, -0.2) is 53.6 Å². The van der Waals surface area contributed by atoms with Gasteiger partial charge < -0.3 is 14.6 Å². The molecule has 1 heterocycles. The Kier molecular flexibility index (Phi) is 8.48. The van der Waals surface area contributed by atoms with Gasteiger partial charge in [0.25, 0.3) is 0 Å². The molecule has 0 bridgehead atoms. The standard InChI is InChI=1S/C26H29F6NO4/c1-24(2,3)37-23(35)33-14-21(22(20(33)15-34)17-7-5-4-6-8-17)36-10-9-16-11-18(25(27,28)29)13-19(12-16)26(30,31)32/h4-8,11-13,20-22,34H,9-10,14-15H2,1-3H3. The van der Waals surface area contributed by atoms with Crippen LogP contribution in [0, 0.1) is 0 Å². The Morgan fingerprint density at radius 3 is 2.03 bits per heavy atom. The third-order valence-corrected chi connectivity index (χ3v) is 5.96. The van der Waals surface area contributed by atoms with Gasteiger partial charge in [0.15, 0.2) is 0 Å². The van der Waals surface area contributed by atoms with Crippen LogP contribution in [0.2, 0.25) is 0 Å². The number of likely N-dealkylation sites (tertiary alicyclic amines) is 1. The van der Waals surface area contributed by atoms with Crippen LogP contribution in [-0.2, 0) is 28.2 Å². The molecule has 1 fully saturated rings. The number of carbonyl (C=O) groups excluding carboxylic acids is 1. The molecule has 0 radical (unpaired) electrons. The minimum absolute atomic E-state index is 0.0239. The van der Waals surface area contributed by atoms with E-state index in [2.05, 4.69) is 0 Å². The summed E-state index contributed by atoms with van der Waals surface area (Å²) in [5.41, 5.74) is -3.00. The highest BCUT2D eigenvalue weighted by atomic mass is 19.4. The van der Waals surface area contributed by atoms with Crippen LogP contribution in [0.4, 0.5) is 31.1 Å². The molecule has 3 unspecified atom stereocenters. The number of ether oxygens (including phenoxy) is 2. The summed E-state index contributed by atoms with van der Waals surface area (Å²) in [7, 11) is 0. The van der Waals surface area contributed by atoms with Crippen molar-refractivity contribution < 1.29 is 45.7 Å². The summed E-state index contributed by atoms with van der Waals surface area (Å²) in [5, 5.41) is 10.1. The van der Waals surface area contributed by atoms with Crippen molar-refractivity contribution in [3.8, 4) is 0 Å². The molecule has 1 N–H and O–H groups in total. The average molecular weight is 534 g/mol. The van der Waals surface area contributed by atoms with Crippen molar-refractivity contribution in [2.75, 3.05) is 19.8 Å². The van der Waals surface area contributed by atoms with Crippen LogP contribution in [0.5, 0.6) is 0 Å². The van der Waals surface area contributed by atoms with Crippen LogP contribution in [0.3, 0.4) is 0 Å². The van der Waals surface area contributed by atoms with E-state index in [-0.39, 0.29) is 31.2 Å². The highest BCUT2D eigenvalue weighted by molar-refractivity contribution is 5.69. The first-order chi connectivity index (χ1) is 17.1. The molecule has 37 heavy (non-hydrogen) atoms. The second-order valence-corrected chi connectivity index (χ2v) is 9.89. The number of hydrogen-bond acceptors (Lipinski definition) is 4. The van der Waals surface area contributed by atoms with E-state index < -0.39 is 59.8 Å². The van der Waals surface area contributed by atoms with Crippen LogP contribution < -0.4 is 0 Å². The molecule has 0 aliphatic carbocycles. The van der Waals surface area contributed by atoms with E-state index in [4.69, 9.17) is 9.47 Å². The van der Waals surface area contributed by atoms with E-state index in [0.717, 1.165) is 5.56 Å². The van der Waals surface area contributed by atoms with E-state index in [1.807, 2.05) is 0 Å². The number of benzene rings is 2. The van der Waals surface area contributed by atoms with Crippen LogP contribution in [0.1, 0.15) is 48.9 Å². The van der Waals surface area contributed by atoms with Gasteiger partial charge in [-0.05, 0) is 56.5 Å². The normalized spacial score (nSPS) is 20.8. The molecular formula is C26H29F6NO4. The first kappa shape index (κ1) is 28.8. The van der Waals surface area contributed by atoms with Gasteiger partial charge in [-0.2, -0.15) is 26.3 Å². The molecular weight excluding hydrogens is 504 g/mol. The zero-order chi connectivity index (χ0) is 27.6. The van der Waals surface area contributed by atoms with E-state index >= 15 is 0 Å². The molecule has 3 rings (SSSR count). The summed E-state index contributed by atoms with van der Waals surface area (Å²) >= 11 is 0. The lowest BCUT2D eigenvalue weighted by Gasteiger charge is -2.29. The largest absolute Gasteiger partial charge is 0.444 e. The third kappa shape index (κ3) is 7.38. The molecule has 1 saturated heterocycles. The fourth-order valence-corrected chi connectivity index (χ4v) is 4.39. The van der Waals surface area contributed by atoms with Crippen molar-refractivity contribution in [1.29, 1.82) is 0 Å². The van der Waals surface area contributed by atoms with E-state index in [1.54, 1.807) is 51.1 Å². The Labute approximate surface area is 211 Å². The molecule has 0 aromatic heterocycles. The number of rotatable bonds is 6. The monoisotopic (exact) mass is 533 g/mol. The summed E-state index contributed by atoms with van der Waals surface area (Å²) < 4.78 is 90.5. The molecule has 204 valence electrons.